The Hall–Kier alpha value is -2.53. The lowest BCUT2D eigenvalue weighted by Gasteiger charge is -2.09. The lowest BCUT2D eigenvalue weighted by atomic mass is 10.2. The van der Waals surface area contributed by atoms with Crippen LogP contribution in [0.4, 0.5) is 16.2 Å². The van der Waals surface area contributed by atoms with Crippen LogP contribution in [0.15, 0.2) is 48.5 Å². The van der Waals surface area contributed by atoms with Crippen LogP contribution in [-0.2, 0) is 6.61 Å². The van der Waals surface area contributed by atoms with Crippen LogP contribution in [-0.4, -0.2) is 18.2 Å². The third-order valence-electron chi connectivity index (χ3n) is 2.72. The van der Waals surface area contributed by atoms with Gasteiger partial charge < -0.3 is 20.5 Å². The third-order valence-corrected chi connectivity index (χ3v) is 2.72. The van der Waals surface area contributed by atoms with E-state index in [0.29, 0.717) is 17.1 Å². The van der Waals surface area contributed by atoms with E-state index in [2.05, 4.69) is 10.6 Å². The molecule has 0 radical (unpaired) electrons. The zero-order chi connectivity index (χ0) is 14.4. The first-order valence-corrected chi connectivity index (χ1v) is 6.13. The van der Waals surface area contributed by atoms with E-state index in [9.17, 15) is 4.79 Å². The van der Waals surface area contributed by atoms with Crippen molar-refractivity contribution in [3.63, 3.8) is 0 Å². The quantitative estimate of drug-likeness (QED) is 0.801. The zero-order valence-corrected chi connectivity index (χ0v) is 11.1. The third kappa shape index (κ3) is 3.73. The van der Waals surface area contributed by atoms with Crippen molar-refractivity contribution >= 4 is 17.4 Å². The molecule has 0 atom stereocenters. The first-order chi connectivity index (χ1) is 9.71. The molecule has 0 aliphatic rings. The second kappa shape index (κ2) is 6.58. The normalized spacial score (nSPS) is 9.90. The Bertz CT molecular complexity index is 582. The smallest absolute Gasteiger partial charge is 0.323 e. The summed E-state index contributed by atoms with van der Waals surface area (Å²) in [6.45, 7) is -0.0176. The highest BCUT2D eigenvalue weighted by atomic mass is 16.5. The van der Waals surface area contributed by atoms with E-state index in [-0.39, 0.29) is 12.6 Å². The number of amides is 2. The van der Waals surface area contributed by atoms with Gasteiger partial charge in [-0.3, -0.25) is 0 Å². The van der Waals surface area contributed by atoms with E-state index in [0.717, 1.165) is 5.56 Å². The number of urea groups is 1. The molecule has 3 N–H and O–H groups in total. The molecule has 2 amide bonds. The van der Waals surface area contributed by atoms with Gasteiger partial charge in [-0.2, -0.15) is 0 Å². The number of benzene rings is 2. The summed E-state index contributed by atoms with van der Waals surface area (Å²) in [6, 6.07) is 13.7. The Kier molecular flexibility index (Phi) is 4.57. The first-order valence-electron chi connectivity index (χ1n) is 6.13. The van der Waals surface area contributed by atoms with E-state index in [4.69, 9.17) is 9.84 Å². The maximum absolute atomic E-state index is 11.8. The van der Waals surface area contributed by atoms with Gasteiger partial charge in [0.15, 0.2) is 0 Å². The van der Waals surface area contributed by atoms with Gasteiger partial charge in [0.2, 0.25) is 0 Å². The van der Waals surface area contributed by atoms with Crippen LogP contribution in [0.1, 0.15) is 5.56 Å². The monoisotopic (exact) mass is 272 g/mol. The van der Waals surface area contributed by atoms with E-state index < -0.39 is 0 Å². The predicted octanol–water partition coefficient (Wildman–Crippen LogP) is 2.83. The molecule has 5 nitrogen and oxygen atoms in total. The molecule has 2 aromatic rings. The SMILES string of the molecule is COc1cccc(NC(=O)Nc2ccc(CO)cc2)c1. The maximum Gasteiger partial charge on any atom is 0.323 e. The van der Waals surface area contributed by atoms with Crippen molar-refractivity contribution in [3.8, 4) is 5.75 Å². The molecular weight excluding hydrogens is 256 g/mol. The maximum atomic E-state index is 11.8. The Balaban J connectivity index is 1.97. The average molecular weight is 272 g/mol. The minimum Gasteiger partial charge on any atom is -0.497 e. The molecule has 0 unspecified atom stereocenters. The lowest BCUT2D eigenvalue weighted by molar-refractivity contribution is 0.262. The van der Waals surface area contributed by atoms with Crippen molar-refractivity contribution in [2.24, 2.45) is 0 Å². The lowest BCUT2D eigenvalue weighted by Crippen LogP contribution is -2.19. The van der Waals surface area contributed by atoms with E-state index in [1.165, 1.54) is 0 Å². The molecule has 0 fully saturated rings. The fraction of sp³-hybridized carbons (Fsp3) is 0.133. The summed E-state index contributed by atoms with van der Waals surface area (Å²) in [5.74, 6) is 0.676. The highest BCUT2D eigenvalue weighted by Crippen LogP contribution is 2.17. The fourth-order valence-electron chi connectivity index (χ4n) is 1.69. The largest absolute Gasteiger partial charge is 0.497 e. The number of methoxy groups -OCH3 is 1. The number of aliphatic hydroxyl groups excluding tert-OH is 1. The molecule has 0 aromatic heterocycles. The number of rotatable bonds is 4. The summed E-state index contributed by atoms with van der Waals surface area (Å²) < 4.78 is 5.08. The van der Waals surface area contributed by atoms with Crippen molar-refractivity contribution in [3.05, 3.63) is 54.1 Å². The van der Waals surface area contributed by atoms with Crippen molar-refractivity contribution in [2.45, 2.75) is 6.61 Å². The van der Waals surface area contributed by atoms with Gasteiger partial charge in [0, 0.05) is 17.4 Å². The highest BCUT2D eigenvalue weighted by molar-refractivity contribution is 5.99. The molecule has 0 aliphatic heterocycles. The van der Waals surface area contributed by atoms with E-state index in [1.807, 2.05) is 0 Å². The highest BCUT2D eigenvalue weighted by Gasteiger charge is 2.03. The van der Waals surface area contributed by atoms with Crippen LogP contribution >= 0.6 is 0 Å². The number of anilines is 2. The van der Waals surface area contributed by atoms with Gasteiger partial charge in [0.25, 0.3) is 0 Å². The van der Waals surface area contributed by atoms with Crippen LogP contribution in [0, 0.1) is 0 Å². The molecule has 5 heteroatoms. The molecule has 0 saturated heterocycles. The number of hydrogen-bond donors (Lipinski definition) is 3. The number of carbonyl (C=O) groups is 1. The Morgan fingerprint density at radius 1 is 1.10 bits per heavy atom. The number of carbonyl (C=O) groups excluding carboxylic acids is 1. The minimum absolute atomic E-state index is 0.0176. The minimum atomic E-state index is -0.338. The van der Waals surface area contributed by atoms with Crippen molar-refractivity contribution < 1.29 is 14.6 Å². The molecule has 0 heterocycles. The molecule has 0 saturated carbocycles. The first kappa shape index (κ1) is 13.9. The number of hydrogen-bond acceptors (Lipinski definition) is 3. The molecule has 0 bridgehead atoms. The van der Waals surface area contributed by atoms with Crippen LogP contribution < -0.4 is 15.4 Å². The predicted molar refractivity (Wildman–Crippen MR) is 78.0 cm³/mol. The summed E-state index contributed by atoms with van der Waals surface area (Å²) in [5, 5.41) is 14.4. The topological polar surface area (TPSA) is 70.6 Å². The molecule has 0 aliphatic carbocycles. The summed E-state index contributed by atoms with van der Waals surface area (Å²) in [4.78, 5) is 11.8. The van der Waals surface area contributed by atoms with Gasteiger partial charge in [-0.25, -0.2) is 4.79 Å². The van der Waals surface area contributed by atoms with Gasteiger partial charge >= 0.3 is 6.03 Å². The Morgan fingerprint density at radius 3 is 2.45 bits per heavy atom. The summed E-state index contributed by atoms with van der Waals surface area (Å²) >= 11 is 0. The van der Waals surface area contributed by atoms with Gasteiger partial charge in [-0.15, -0.1) is 0 Å². The standard InChI is InChI=1S/C15H16N2O3/c1-20-14-4-2-3-13(9-14)17-15(19)16-12-7-5-11(10-18)6-8-12/h2-9,18H,10H2,1H3,(H2,16,17,19). The summed E-state index contributed by atoms with van der Waals surface area (Å²) in [7, 11) is 1.57. The average Bonchev–Trinajstić information content (AvgIpc) is 2.48. The number of ether oxygens (including phenoxy) is 1. The van der Waals surface area contributed by atoms with Crippen molar-refractivity contribution in [2.75, 3.05) is 17.7 Å². The molecule has 2 aromatic carbocycles. The van der Waals surface area contributed by atoms with Gasteiger partial charge in [0.1, 0.15) is 5.75 Å². The molecule has 2 rings (SSSR count). The molecule has 0 spiro atoms. The summed E-state index contributed by atoms with van der Waals surface area (Å²) in [5.41, 5.74) is 2.10. The van der Waals surface area contributed by atoms with Crippen molar-refractivity contribution in [1.82, 2.24) is 0 Å². The Labute approximate surface area is 117 Å². The zero-order valence-electron chi connectivity index (χ0n) is 11.1. The summed E-state index contributed by atoms with van der Waals surface area (Å²) in [6.07, 6.45) is 0. The van der Waals surface area contributed by atoms with Gasteiger partial charge in [-0.1, -0.05) is 18.2 Å². The molecular formula is C15H16N2O3. The second-order valence-electron chi connectivity index (χ2n) is 4.17. The van der Waals surface area contributed by atoms with Crippen LogP contribution in [0.3, 0.4) is 0 Å². The van der Waals surface area contributed by atoms with Gasteiger partial charge in [-0.05, 0) is 29.8 Å². The van der Waals surface area contributed by atoms with Gasteiger partial charge in [0.05, 0.1) is 13.7 Å². The van der Waals surface area contributed by atoms with Crippen LogP contribution in [0.5, 0.6) is 5.75 Å². The van der Waals surface area contributed by atoms with E-state index in [1.54, 1.807) is 55.6 Å². The van der Waals surface area contributed by atoms with Crippen LogP contribution in [0.25, 0.3) is 0 Å². The number of nitrogens with one attached hydrogen (secondary N) is 2. The Morgan fingerprint density at radius 2 is 1.80 bits per heavy atom. The fourth-order valence-corrected chi connectivity index (χ4v) is 1.69. The second-order valence-corrected chi connectivity index (χ2v) is 4.17. The van der Waals surface area contributed by atoms with Crippen molar-refractivity contribution in [1.29, 1.82) is 0 Å². The van der Waals surface area contributed by atoms with E-state index >= 15 is 0 Å². The molecule has 20 heavy (non-hydrogen) atoms. The number of aliphatic hydroxyl groups is 1. The van der Waals surface area contributed by atoms with Crippen LogP contribution in [0.2, 0.25) is 0 Å². The molecule has 104 valence electrons.